The molecule has 19 heavy (non-hydrogen) atoms. The zero-order valence-electron chi connectivity index (χ0n) is 11.1. The molecule has 2 rings (SSSR count). The van der Waals surface area contributed by atoms with Gasteiger partial charge in [0.05, 0.1) is 15.6 Å². The Balaban J connectivity index is 2.22. The average molecular weight is 313 g/mol. The first kappa shape index (κ1) is 14.9. The Bertz CT molecular complexity index is 504. The van der Waals surface area contributed by atoms with Crippen molar-refractivity contribution in [2.75, 3.05) is 11.5 Å². The minimum atomic E-state index is 0.739. The van der Waals surface area contributed by atoms with Gasteiger partial charge in [-0.2, -0.15) is 10.2 Å². The number of benzene rings is 1. The zero-order chi connectivity index (χ0) is 13.7. The van der Waals surface area contributed by atoms with Crippen LogP contribution in [0.2, 0.25) is 5.02 Å². The number of hydrogen-bond donors (Lipinski definition) is 0. The van der Waals surface area contributed by atoms with E-state index in [0.717, 1.165) is 28.4 Å². The van der Waals surface area contributed by atoms with Gasteiger partial charge in [0.25, 0.3) is 0 Å². The third-order valence-corrected chi connectivity index (χ3v) is 5.94. The second-order valence-corrected chi connectivity index (χ2v) is 7.10. The molecule has 1 heterocycles. The molecular formula is C14H17ClN2S2. The standard InChI is InChI=1S/C14H17ClN2S2/c1-3-12(14-18-8-5-9-19-14)16-17-13-7-4-6-11(15)10(13)2/h4,6-7H,3,5,8-9H2,1-2H3. The predicted octanol–water partition coefficient (Wildman–Crippen LogP) is 6.18. The molecule has 0 bridgehead atoms. The number of azo groups is 1. The number of thioether (sulfide) groups is 2. The van der Waals surface area contributed by atoms with Gasteiger partial charge in [0, 0.05) is 5.02 Å². The van der Waals surface area contributed by atoms with Crippen LogP contribution in [-0.4, -0.2) is 11.5 Å². The molecule has 0 radical (unpaired) electrons. The maximum atomic E-state index is 6.09. The van der Waals surface area contributed by atoms with Gasteiger partial charge < -0.3 is 0 Å². The van der Waals surface area contributed by atoms with Crippen molar-refractivity contribution >= 4 is 40.8 Å². The smallest absolute Gasteiger partial charge is 0.0900 e. The summed E-state index contributed by atoms with van der Waals surface area (Å²) in [6, 6.07) is 5.73. The maximum absolute atomic E-state index is 6.09. The molecule has 102 valence electrons. The summed E-state index contributed by atoms with van der Waals surface area (Å²) in [7, 11) is 0. The van der Waals surface area contributed by atoms with Crippen LogP contribution in [0.25, 0.3) is 0 Å². The molecule has 1 saturated heterocycles. The molecule has 1 aliphatic rings. The van der Waals surface area contributed by atoms with E-state index in [0.29, 0.717) is 0 Å². The first-order chi connectivity index (χ1) is 9.22. The van der Waals surface area contributed by atoms with E-state index in [4.69, 9.17) is 11.6 Å². The van der Waals surface area contributed by atoms with Crippen molar-refractivity contribution in [1.82, 2.24) is 0 Å². The van der Waals surface area contributed by atoms with Crippen LogP contribution in [0.5, 0.6) is 0 Å². The molecule has 0 amide bonds. The molecular weight excluding hydrogens is 296 g/mol. The third-order valence-electron chi connectivity index (χ3n) is 2.84. The van der Waals surface area contributed by atoms with E-state index in [1.165, 1.54) is 22.2 Å². The van der Waals surface area contributed by atoms with Crippen molar-refractivity contribution in [2.45, 2.75) is 26.7 Å². The summed E-state index contributed by atoms with van der Waals surface area (Å²) in [5.74, 6) is 2.38. The maximum Gasteiger partial charge on any atom is 0.0900 e. The van der Waals surface area contributed by atoms with Gasteiger partial charge in [-0.15, -0.1) is 23.5 Å². The Morgan fingerprint density at radius 2 is 2.05 bits per heavy atom. The van der Waals surface area contributed by atoms with Crippen molar-refractivity contribution < 1.29 is 0 Å². The second-order valence-electron chi connectivity index (χ2n) is 4.22. The summed E-state index contributed by atoms with van der Waals surface area (Å²) in [6.07, 6.45) is 2.19. The van der Waals surface area contributed by atoms with E-state index in [1.807, 2.05) is 48.6 Å². The van der Waals surface area contributed by atoms with Crippen molar-refractivity contribution in [3.63, 3.8) is 0 Å². The van der Waals surface area contributed by atoms with Crippen LogP contribution in [-0.2, 0) is 0 Å². The third kappa shape index (κ3) is 4.01. The molecule has 0 unspecified atom stereocenters. The number of nitrogens with zero attached hydrogens (tertiary/aromatic N) is 2. The van der Waals surface area contributed by atoms with Gasteiger partial charge in [-0.1, -0.05) is 24.6 Å². The summed E-state index contributed by atoms with van der Waals surface area (Å²) >= 11 is 9.89. The molecule has 0 spiro atoms. The van der Waals surface area contributed by atoms with Crippen LogP contribution < -0.4 is 0 Å². The van der Waals surface area contributed by atoms with Gasteiger partial charge in [0.2, 0.25) is 0 Å². The minimum absolute atomic E-state index is 0.739. The lowest BCUT2D eigenvalue weighted by atomic mass is 10.2. The zero-order valence-corrected chi connectivity index (χ0v) is 13.5. The predicted molar refractivity (Wildman–Crippen MR) is 87.6 cm³/mol. The van der Waals surface area contributed by atoms with Gasteiger partial charge >= 0.3 is 0 Å². The van der Waals surface area contributed by atoms with Gasteiger partial charge in [-0.25, -0.2) is 0 Å². The lowest BCUT2D eigenvalue weighted by Gasteiger charge is -2.14. The quantitative estimate of drug-likeness (QED) is 0.622. The minimum Gasteiger partial charge on any atom is -0.153 e. The first-order valence-electron chi connectivity index (χ1n) is 6.38. The molecule has 0 N–H and O–H groups in total. The highest BCUT2D eigenvalue weighted by molar-refractivity contribution is 8.22. The molecule has 2 nitrogen and oxygen atoms in total. The Morgan fingerprint density at radius 3 is 2.74 bits per heavy atom. The van der Waals surface area contributed by atoms with Crippen LogP contribution in [0.3, 0.4) is 0 Å². The number of allylic oxidation sites excluding steroid dienone is 1. The number of rotatable bonds is 3. The van der Waals surface area contributed by atoms with Crippen molar-refractivity contribution in [1.29, 1.82) is 0 Å². The molecule has 5 heteroatoms. The summed E-state index contributed by atoms with van der Waals surface area (Å²) in [5.41, 5.74) is 2.93. The fourth-order valence-corrected chi connectivity index (χ4v) is 4.51. The molecule has 0 aliphatic carbocycles. The van der Waals surface area contributed by atoms with E-state index < -0.39 is 0 Å². The second kappa shape index (κ2) is 7.36. The monoisotopic (exact) mass is 312 g/mol. The molecule has 0 atom stereocenters. The summed E-state index contributed by atoms with van der Waals surface area (Å²) < 4.78 is 1.33. The lowest BCUT2D eigenvalue weighted by molar-refractivity contribution is 0.999. The molecule has 0 aromatic heterocycles. The Labute approximate surface area is 128 Å². The van der Waals surface area contributed by atoms with Crippen LogP contribution in [0.4, 0.5) is 5.69 Å². The Morgan fingerprint density at radius 1 is 1.32 bits per heavy atom. The first-order valence-corrected chi connectivity index (χ1v) is 8.73. The molecule has 1 aromatic carbocycles. The summed E-state index contributed by atoms with van der Waals surface area (Å²) in [4.78, 5) is 0. The largest absolute Gasteiger partial charge is 0.153 e. The highest BCUT2D eigenvalue weighted by Crippen LogP contribution is 2.38. The average Bonchev–Trinajstić information content (AvgIpc) is 2.45. The normalized spacial score (nSPS) is 16.1. The Kier molecular flexibility index (Phi) is 5.79. The summed E-state index contributed by atoms with van der Waals surface area (Å²) in [5, 5.41) is 9.55. The van der Waals surface area contributed by atoms with Gasteiger partial charge in [0.15, 0.2) is 0 Å². The van der Waals surface area contributed by atoms with E-state index in [1.54, 1.807) is 0 Å². The fourth-order valence-electron chi connectivity index (χ4n) is 1.67. The molecule has 0 saturated carbocycles. The molecule has 1 fully saturated rings. The topological polar surface area (TPSA) is 24.7 Å². The molecule has 1 aromatic rings. The van der Waals surface area contributed by atoms with Crippen LogP contribution in [0.1, 0.15) is 25.3 Å². The van der Waals surface area contributed by atoms with Gasteiger partial charge in [0.1, 0.15) is 0 Å². The molecule has 1 aliphatic heterocycles. The van der Waals surface area contributed by atoms with Crippen LogP contribution in [0.15, 0.2) is 38.4 Å². The van der Waals surface area contributed by atoms with E-state index in [9.17, 15) is 0 Å². The van der Waals surface area contributed by atoms with Gasteiger partial charge in [-0.3, -0.25) is 0 Å². The van der Waals surface area contributed by atoms with E-state index in [2.05, 4.69) is 17.2 Å². The van der Waals surface area contributed by atoms with E-state index in [-0.39, 0.29) is 0 Å². The fraction of sp³-hybridized carbons (Fsp3) is 0.429. The highest BCUT2D eigenvalue weighted by atomic mass is 35.5. The number of hydrogen-bond acceptors (Lipinski definition) is 4. The number of halogens is 1. The Hall–Kier alpha value is -0.450. The van der Waals surface area contributed by atoms with Crippen molar-refractivity contribution in [3.05, 3.63) is 38.7 Å². The van der Waals surface area contributed by atoms with Crippen LogP contribution >= 0.6 is 35.1 Å². The van der Waals surface area contributed by atoms with E-state index >= 15 is 0 Å². The van der Waals surface area contributed by atoms with Gasteiger partial charge in [-0.05, 0) is 49.0 Å². The van der Waals surface area contributed by atoms with Crippen LogP contribution in [0, 0.1) is 6.92 Å². The van der Waals surface area contributed by atoms with Crippen molar-refractivity contribution in [2.24, 2.45) is 10.2 Å². The SMILES string of the molecule is CCC(N=Nc1cccc(Cl)c1C)=C1SCCCS1. The lowest BCUT2D eigenvalue weighted by Crippen LogP contribution is -1.94. The summed E-state index contributed by atoms with van der Waals surface area (Å²) in [6.45, 7) is 4.10. The highest BCUT2D eigenvalue weighted by Gasteiger charge is 2.11. The van der Waals surface area contributed by atoms with Crippen molar-refractivity contribution in [3.8, 4) is 0 Å².